The van der Waals surface area contributed by atoms with Crippen molar-refractivity contribution < 1.29 is 18.8 Å². The van der Waals surface area contributed by atoms with Gasteiger partial charge in [-0.3, -0.25) is 19.7 Å². The Morgan fingerprint density at radius 2 is 2.07 bits per heavy atom. The van der Waals surface area contributed by atoms with Gasteiger partial charge < -0.3 is 15.5 Å². The number of nitrogens with zero attached hydrogens (tertiary/aromatic N) is 1. The van der Waals surface area contributed by atoms with Crippen LogP contribution in [0.2, 0.25) is 0 Å². The number of amides is 3. The van der Waals surface area contributed by atoms with Gasteiger partial charge in [0.1, 0.15) is 12.2 Å². The van der Waals surface area contributed by atoms with Gasteiger partial charge in [-0.15, -0.1) is 0 Å². The van der Waals surface area contributed by atoms with E-state index in [1.54, 1.807) is 4.90 Å². The Labute approximate surface area is 156 Å². The van der Waals surface area contributed by atoms with Crippen molar-refractivity contribution in [1.29, 1.82) is 0 Å². The molecule has 2 saturated heterocycles. The van der Waals surface area contributed by atoms with E-state index < -0.39 is 18.1 Å². The van der Waals surface area contributed by atoms with Gasteiger partial charge in [-0.2, -0.15) is 0 Å². The van der Waals surface area contributed by atoms with Gasteiger partial charge in [-0.05, 0) is 30.5 Å². The topological polar surface area (TPSA) is 90.5 Å². The van der Waals surface area contributed by atoms with Crippen molar-refractivity contribution in [3.8, 4) is 0 Å². The first-order valence-electron chi connectivity index (χ1n) is 9.38. The zero-order valence-electron chi connectivity index (χ0n) is 15.0. The molecule has 0 aromatic heterocycles. The highest BCUT2D eigenvalue weighted by molar-refractivity contribution is 6.05. The van der Waals surface area contributed by atoms with Crippen molar-refractivity contribution in [3.05, 3.63) is 34.9 Å². The van der Waals surface area contributed by atoms with E-state index in [-0.39, 0.29) is 24.3 Å². The molecule has 144 valence electrons. The summed E-state index contributed by atoms with van der Waals surface area (Å²) in [4.78, 5) is 38.1. The van der Waals surface area contributed by atoms with Gasteiger partial charge in [0.2, 0.25) is 11.8 Å². The molecule has 0 spiro atoms. The molecule has 3 aliphatic heterocycles. The van der Waals surface area contributed by atoms with Gasteiger partial charge in [0.05, 0.1) is 0 Å². The van der Waals surface area contributed by atoms with Crippen LogP contribution in [0.25, 0.3) is 0 Å². The number of carbonyl (C=O) groups excluding carboxylic acids is 3. The van der Waals surface area contributed by atoms with Crippen LogP contribution < -0.4 is 16.0 Å². The molecule has 2 fully saturated rings. The van der Waals surface area contributed by atoms with Crippen LogP contribution in [0.3, 0.4) is 0 Å². The fraction of sp³-hybridized carbons (Fsp3) is 0.526. The summed E-state index contributed by atoms with van der Waals surface area (Å²) in [6.45, 7) is 1.87. The molecule has 3 unspecified atom stereocenters. The molecule has 0 radical (unpaired) electrons. The summed E-state index contributed by atoms with van der Waals surface area (Å²) in [6.07, 6.45) is 0.327. The van der Waals surface area contributed by atoms with Crippen molar-refractivity contribution in [2.75, 3.05) is 13.1 Å². The molecule has 7 nitrogen and oxygen atoms in total. The van der Waals surface area contributed by atoms with E-state index in [1.165, 1.54) is 0 Å². The molecule has 0 bridgehead atoms. The number of piperidine rings is 2. The van der Waals surface area contributed by atoms with E-state index >= 15 is 0 Å². The zero-order valence-corrected chi connectivity index (χ0v) is 15.0. The molecule has 1 aromatic rings. The molecule has 1 aromatic carbocycles. The van der Waals surface area contributed by atoms with E-state index in [9.17, 15) is 18.8 Å². The Morgan fingerprint density at radius 1 is 1.22 bits per heavy atom. The summed E-state index contributed by atoms with van der Waals surface area (Å²) in [5.74, 6) is -0.908. The number of benzene rings is 1. The largest absolute Gasteiger partial charge is 0.322 e. The first kappa shape index (κ1) is 18.1. The first-order valence-corrected chi connectivity index (χ1v) is 9.38. The standard InChI is InChI=1S/C19H23FN4O3/c20-13-9-21-7-6-14(13)22-8-11-2-1-3-12-10-24(19(27)17(11)12)15-4-5-16(25)23-18(15)26/h1-3,13-15,21-22H,4-10H2,(H,23,25,26). The van der Waals surface area contributed by atoms with Crippen molar-refractivity contribution in [3.63, 3.8) is 0 Å². The number of alkyl halides is 1. The number of rotatable bonds is 4. The third-order valence-electron chi connectivity index (χ3n) is 5.60. The summed E-state index contributed by atoms with van der Waals surface area (Å²) >= 11 is 0. The van der Waals surface area contributed by atoms with Gasteiger partial charge in [0, 0.05) is 37.7 Å². The quantitative estimate of drug-likeness (QED) is 0.657. The number of halogens is 1. The summed E-state index contributed by atoms with van der Waals surface area (Å²) in [6, 6.07) is 4.77. The Morgan fingerprint density at radius 3 is 2.85 bits per heavy atom. The van der Waals surface area contributed by atoms with Gasteiger partial charge >= 0.3 is 0 Å². The highest BCUT2D eigenvalue weighted by Crippen LogP contribution is 2.30. The van der Waals surface area contributed by atoms with Crippen LogP contribution in [-0.2, 0) is 22.7 Å². The van der Waals surface area contributed by atoms with Crippen molar-refractivity contribution in [2.24, 2.45) is 0 Å². The molecule has 3 N–H and O–H groups in total. The second kappa shape index (κ2) is 7.36. The number of nitrogens with one attached hydrogen (secondary N) is 3. The van der Waals surface area contributed by atoms with Crippen LogP contribution in [0.4, 0.5) is 4.39 Å². The van der Waals surface area contributed by atoms with E-state index in [0.717, 1.165) is 17.7 Å². The minimum Gasteiger partial charge on any atom is -0.322 e. The maximum absolute atomic E-state index is 14.0. The average Bonchev–Trinajstić information content (AvgIpc) is 2.98. The highest BCUT2D eigenvalue weighted by Gasteiger charge is 2.40. The van der Waals surface area contributed by atoms with Gasteiger partial charge in [-0.1, -0.05) is 18.2 Å². The minimum absolute atomic E-state index is 0.195. The summed E-state index contributed by atoms with van der Waals surface area (Å²) in [5, 5.41) is 8.57. The molecule has 0 aliphatic carbocycles. The van der Waals surface area contributed by atoms with Crippen LogP contribution in [0, 0.1) is 0 Å². The van der Waals surface area contributed by atoms with E-state index in [2.05, 4.69) is 16.0 Å². The summed E-state index contributed by atoms with van der Waals surface area (Å²) in [5.41, 5.74) is 2.28. The van der Waals surface area contributed by atoms with Crippen molar-refractivity contribution >= 4 is 17.7 Å². The molecule has 3 heterocycles. The third kappa shape index (κ3) is 3.46. The van der Waals surface area contributed by atoms with Crippen molar-refractivity contribution in [2.45, 2.75) is 50.6 Å². The maximum atomic E-state index is 14.0. The minimum atomic E-state index is -0.953. The lowest BCUT2D eigenvalue weighted by atomic mass is 10.0. The molecule has 3 atom stereocenters. The average molecular weight is 374 g/mol. The monoisotopic (exact) mass is 374 g/mol. The molecule has 8 heteroatoms. The Bertz CT molecular complexity index is 784. The van der Waals surface area contributed by atoms with E-state index in [1.807, 2.05) is 18.2 Å². The van der Waals surface area contributed by atoms with Crippen LogP contribution in [0.5, 0.6) is 0 Å². The Kier molecular flexibility index (Phi) is 4.92. The lowest BCUT2D eigenvalue weighted by molar-refractivity contribution is -0.136. The molecular weight excluding hydrogens is 351 g/mol. The smallest absolute Gasteiger partial charge is 0.255 e. The van der Waals surface area contributed by atoms with Gasteiger partial charge in [0.15, 0.2) is 0 Å². The normalized spacial score (nSPS) is 28.3. The van der Waals surface area contributed by atoms with Crippen LogP contribution in [-0.4, -0.2) is 54.0 Å². The fourth-order valence-electron chi connectivity index (χ4n) is 4.13. The van der Waals surface area contributed by atoms with Crippen LogP contribution >= 0.6 is 0 Å². The van der Waals surface area contributed by atoms with Gasteiger partial charge in [-0.25, -0.2) is 4.39 Å². The van der Waals surface area contributed by atoms with Gasteiger partial charge in [0.25, 0.3) is 5.91 Å². The summed E-state index contributed by atoms with van der Waals surface area (Å²) < 4.78 is 14.0. The molecule has 27 heavy (non-hydrogen) atoms. The predicted octanol–water partition coefficient (Wildman–Crippen LogP) is 0.237. The molecule has 3 aliphatic rings. The summed E-state index contributed by atoms with van der Waals surface area (Å²) in [7, 11) is 0. The van der Waals surface area contributed by atoms with Crippen LogP contribution in [0.15, 0.2) is 18.2 Å². The molecule has 3 amide bonds. The van der Waals surface area contributed by atoms with E-state index in [0.29, 0.717) is 38.0 Å². The second-order valence-electron chi connectivity index (χ2n) is 7.35. The van der Waals surface area contributed by atoms with Crippen LogP contribution in [0.1, 0.15) is 40.7 Å². The molecule has 4 rings (SSSR count). The first-order chi connectivity index (χ1) is 13.0. The number of fused-ring (bicyclic) bond motifs is 1. The Balaban J connectivity index is 1.49. The lowest BCUT2D eigenvalue weighted by Gasteiger charge is -2.29. The molecule has 0 saturated carbocycles. The fourth-order valence-corrected chi connectivity index (χ4v) is 4.13. The third-order valence-corrected chi connectivity index (χ3v) is 5.60. The predicted molar refractivity (Wildman–Crippen MR) is 95.5 cm³/mol. The number of carbonyl (C=O) groups is 3. The number of hydrogen-bond donors (Lipinski definition) is 3. The SMILES string of the molecule is O=C1CCC(N2Cc3cccc(CNC4CCNCC4F)c3C2=O)C(=O)N1. The highest BCUT2D eigenvalue weighted by atomic mass is 19.1. The number of hydrogen-bond acceptors (Lipinski definition) is 5. The van der Waals surface area contributed by atoms with E-state index in [4.69, 9.17) is 0 Å². The second-order valence-corrected chi connectivity index (χ2v) is 7.35. The molecular formula is C19H23FN4O3. The Hall–Kier alpha value is -2.32. The maximum Gasteiger partial charge on any atom is 0.255 e. The van der Waals surface area contributed by atoms with Crippen molar-refractivity contribution in [1.82, 2.24) is 20.9 Å². The lowest BCUT2D eigenvalue weighted by Crippen LogP contribution is -2.52. The zero-order chi connectivity index (χ0) is 19.0. The number of imide groups is 1.